The van der Waals surface area contributed by atoms with Crippen molar-refractivity contribution >= 4 is 33.3 Å². The Morgan fingerprint density at radius 2 is 1.74 bits per heavy atom. The van der Waals surface area contributed by atoms with E-state index in [2.05, 4.69) is 28.2 Å². The molecule has 0 amide bonds. The Morgan fingerprint density at radius 3 is 2.52 bits per heavy atom. The van der Waals surface area contributed by atoms with Crippen LogP contribution in [0.5, 0.6) is 5.75 Å². The Hall–Kier alpha value is -2.41. The minimum absolute atomic E-state index is 0.254. The van der Waals surface area contributed by atoms with Crippen molar-refractivity contribution < 1.29 is 9.84 Å². The summed E-state index contributed by atoms with van der Waals surface area (Å²) in [6, 6.07) is 21.9. The highest BCUT2D eigenvalue weighted by Gasteiger charge is 2.13. The third-order valence-corrected chi connectivity index (χ3v) is 6.19. The standard InChI is InChI=1S/C21H18N2O2S2/c24-16(12-25-17-9-5-2-6-10-17)13-26-20-18-11-19(15-7-3-1-4-8-15)27-21(18)23-14-22-20/h1-11,14,16,24H,12-13H2/t16-/m1/s1. The van der Waals surface area contributed by atoms with Crippen molar-refractivity contribution in [1.29, 1.82) is 0 Å². The first-order chi connectivity index (χ1) is 13.3. The fraction of sp³-hybridized carbons (Fsp3) is 0.143. The molecule has 2 heterocycles. The number of fused-ring (bicyclic) bond motifs is 1. The summed E-state index contributed by atoms with van der Waals surface area (Å²) in [5.74, 6) is 1.27. The molecule has 0 fully saturated rings. The van der Waals surface area contributed by atoms with Crippen molar-refractivity contribution in [2.45, 2.75) is 11.1 Å². The highest BCUT2D eigenvalue weighted by atomic mass is 32.2. The van der Waals surface area contributed by atoms with E-state index in [9.17, 15) is 5.11 Å². The molecule has 4 nitrogen and oxygen atoms in total. The van der Waals surface area contributed by atoms with Crippen LogP contribution < -0.4 is 4.74 Å². The van der Waals surface area contributed by atoms with Gasteiger partial charge in [-0.05, 0) is 23.8 Å². The van der Waals surface area contributed by atoms with E-state index in [1.54, 1.807) is 17.7 Å². The third kappa shape index (κ3) is 4.47. The second-order valence-electron chi connectivity index (χ2n) is 5.96. The molecule has 0 aliphatic carbocycles. The van der Waals surface area contributed by atoms with Crippen molar-refractivity contribution in [3.63, 3.8) is 0 Å². The number of rotatable bonds is 7. The molecule has 4 rings (SSSR count). The Kier molecular flexibility index (Phi) is 5.67. The summed E-state index contributed by atoms with van der Waals surface area (Å²) in [4.78, 5) is 10.9. The zero-order valence-corrected chi connectivity index (χ0v) is 16.1. The van der Waals surface area contributed by atoms with Crippen molar-refractivity contribution in [2.75, 3.05) is 12.4 Å². The molecule has 2 aromatic heterocycles. The average molecular weight is 395 g/mol. The summed E-state index contributed by atoms with van der Waals surface area (Å²) in [7, 11) is 0. The number of thiophene rings is 1. The van der Waals surface area contributed by atoms with Crippen LogP contribution in [0.1, 0.15) is 0 Å². The van der Waals surface area contributed by atoms with Gasteiger partial charge in [-0.3, -0.25) is 0 Å². The molecule has 0 saturated carbocycles. The third-order valence-electron chi connectivity index (χ3n) is 3.95. The fourth-order valence-corrected chi connectivity index (χ4v) is 4.57. The van der Waals surface area contributed by atoms with Gasteiger partial charge < -0.3 is 9.84 Å². The lowest BCUT2D eigenvalue weighted by molar-refractivity contribution is 0.126. The van der Waals surface area contributed by atoms with E-state index >= 15 is 0 Å². The minimum Gasteiger partial charge on any atom is -0.491 e. The van der Waals surface area contributed by atoms with E-state index in [4.69, 9.17) is 4.74 Å². The number of aromatic nitrogens is 2. The predicted octanol–water partition coefficient (Wildman–Crippen LogP) is 4.89. The van der Waals surface area contributed by atoms with Crippen LogP contribution in [0.3, 0.4) is 0 Å². The summed E-state index contributed by atoms with van der Waals surface area (Å²) in [5.41, 5.74) is 1.17. The van der Waals surface area contributed by atoms with Gasteiger partial charge in [-0.15, -0.1) is 23.1 Å². The van der Waals surface area contributed by atoms with Gasteiger partial charge in [0, 0.05) is 16.0 Å². The van der Waals surface area contributed by atoms with Crippen LogP contribution in [-0.4, -0.2) is 33.5 Å². The van der Waals surface area contributed by atoms with Crippen LogP contribution in [0, 0.1) is 0 Å². The lowest BCUT2D eigenvalue weighted by Gasteiger charge is -2.12. The zero-order chi connectivity index (χ0) is 18.5. The summed E-state index contributed by atoms with van der Waals surface area (Å²) in [6.45, 7) is 0.254. The lowest BCUT2D eigenvalue weighted by Crippen LogP contribution is -2.20. The second-order valence-corrected chi connectivity index (χ2v) is 8.00. The molecule has 0 saturated heterocycles. The molecule has 27 heavy (non-hydrogen) atoms. The van der Waals surface area contributed by atoms with Crippen molar-refractivity contribution in [3.05, 3.63) is 73.1 Å². The summed E-state index contributed by atoms with van der Waals surface area (Å²) < 4.78 is 5.61. The minimum atomic E-state index is -0.576. The number of hydrogen-bond donors (Lipinski definition) is 1. The monoisotopic (exact) mass is 394 g/mol. The molecular weight excluding hydrogens is 376 g/mol. The molecule has 1 atom stereocenters. The number of nitrogens with zero attached hydrogens (tertiary/aromatic N) is 2. The molecule has 0 aliphatic rings. The van der Waals surface area contributed by atoms with Crippen LogP contribution in [0.25, 0.3) is 20.7 Å². The molecule has 0 radical (unpaired) electrons. The molecule has 6 heteroatoms. The average Bonchev–Trinajstić information content (AvgIpc) is 3.17. The van der Waals surface area contributed by atoms with E-state index in [0.717, 1.165) is 21.0 Å². The largest absolute Gasteiger partial charge is 0.491 e. The number of benzene rings is 2. The molecule has 0 bridgehead atoms. The van der Waals surface area contributed by atoms with Crippen LogP contribution in [0.2, 0.25) is 0 Å². The summed E-state index contributed by atoms with van der Waals surface area (Å²) >= 11 is 3.18. The molecule has 136 valence electrons. The Morgan fingerprint density at radius 1 is 1.00 bits per heavy atom. The molecule has 4 aromatic rings. The summed E-state index contributed by atoms with van der Waals surface area (Å²) in [6.07, 6.45) is 1.01. The topological polar surface area (TPSA) is 55.2 Å². The first-order valence-corrected chi connectivity index (χ1v) is 10.4. The smallest absolute Gasteiger partial charge is 0.128 e. The van der Waals surface area contributed by atoms with Gasteiger partial charge in [0.15, 0.2) is 0 Å². The van der Waals surface area contributed by atoms with Crippen molar-refractivity contribution in [2.24, 2.45) is 0 Å². The van der Waals surface area contributed by atoms with Gasteiger partial charge in [0.1, 0.15) is 28.5 Å². The van der Waals surface area contributed by atoms with Gasteiger partial charge in [-0.25, -0.2) is 9.97 Å². The van der Waals surface area contributed by atoms with Crippen molar-refractivity contribution in [1.82, 2.24) is 9.97 Å². The predicted molar refractivity (Wildman–Crippen MR) is 112 cm³/mol. The first kappa shape index (κ1) is 18.0. The summed E-state index contributed by atoms with van der Waals surface area (Å²) in [5, 5.41) is 12.2. The molecule has 0 spiro atoms. The fourth-order valence-electron chi connectivity index (χ4n) is 2.63. The maximum atomic E-state index is 10.2. The molecular formula is C21H18N2O2S2. The highest BCUT2D eigenvalue weighted by Crippen LogP contribution is 2.36. The quantitative estimate of drug-likeness (QED) is 0.357. The van der Waals surface area contributed by atoms with E-state index in [1.807, 2.05) is 48.5 Å². The van der Waals surface area contributed by atoms with E-state index < -0.39 is 6.10 Å². The van der Waals surface area contributed by atoms with E-state index in [0.29, 0.717) is 5.75 Å². The number of aliphatic hydroxyl groups excluding tert-OH is 1. The van der Waals surface area contributed by atoms with Crippen LogP contribution in [0.4, 0.5) is 0 Å². The van der Waals surface area contributed by atoms with Gasteiger partial charge in [0.2, 0.25) is 0 Å². The number of ether oxygens (including phenoxy) is 1. The number of thioether (sulfide) groups is 1. The van der Waals surface area contributed by atoms with Crippen molar-refractivity contribution in [3.8, 4) is 16.2 Å². The van der Waals surface area contributed by atoms with Gasteiger partial charge >= 0.3 is 0 Å². The number of para-hydroxylation sites is 1. The van der Waals surface area contributed by atoms with E-state index in [1.165, 1.54) is 22.2 Å². The van der Waals surface area contributed by atoms with Gasteiger partial charge in [-0.2, -0.15) is 0 Å². The number of hydrogen-bond acceptors (Lipinski definition) is 6. The molecule has 0 unspecified atom stereocenters. The van der Waals surface area contributed by atoms with Gasteiger partial charge in [0.25, 0.3) is 0 Å². The van der Waals surface area contributed by atoms with Crippen LogP contribution in [0.15, 0.2) is 78.1 Å². The van der Waals surface area contributed by atoms with Gasteiger partial charge in [0.05, 0.1) is 6.10 Å². The Balaban J connectivity index is 1.43. The zero-order valence-electron chi connectivity index (χ0n) is 14.5. The van der Waals surface area contributed by atoms with Crippen LogP contribution in [-0.2, 0) is 0 Å². The van der Waals surface area contributed by atoms with E-state index in [-0.39, 0.29) is 6.61 Å². The lowest BCUT2D eigenvalue weighted by atomic mass is 10.2. The SMILES string of the molecule is O[C@H](COc1ccccc1)CSc1ncnc2sc(-c3ccccc3)cc12. The van der Waals surface area contributed by atoms with Gasteiger partial charge in [-0.1, -0.05) is 48.5 Å². The first-order valence-electron chi connectivity index (χ1n) is 8.58. The maximum absolute atomic E-state index is 10.2. The Bertz CT molecular complexity index is 1010. The molecule has 2 aromatic carbocycles. The molecule has 1 N–H and O–H groups in total. The highest BCUT2D eigenvalue weighted by molar-refractivity contribution is 7.99. The van der Waals surface area contributed by atoms with Crippen LogP contribution >= 0.6 is 23.1 Å². The maximum Gasteiger partial charge on any atom is 0.128 e. The second kappa shape index (κ2) is 8.52. The molecule has 0 aliphatic heterocycles. The number of aliphatic hydroxyl groups is 1. The Labute approximate surface area is 165 Å². The normalized spacial score (nSPS) is 12.2.